The number of methoxy groups -OCH3 is 2. The summed E-state index contributed by atoms with van der Waals surface area (Å²) in [7, 11) is 5.54. The van der Waals surface area contributed by atoms with E-state index in [9.17, 15) is 5.11 Å². The third-order valence-corrected chi connectivity index (χ3v) is 4.53. The fourth-order valence-electron chi connectivity index (χ4n) is 2.98. The number of benzene rings is 1. The third kappa shape index (κ3) is 3.04. The van der Waals surface area contributed by atoms with Gasteiger partial charge in [-0.3, -0.25) is 0 Å². The molecule has 0 bridgehead atoms. The second kappa shape index (κ2) is 6.95. The summed E-state index contributed by atoms with van der Waals surface area (Å²) in [4.78, 5) is 0. The second-order valence-corrected chi connectivity index (χ2v) is 5.48. The van der Waals surface area contributed by atoms with Crippen molar-refractivity contribution in [1.82, 2.24) is 0 Å². The predicted molar refractivity (Wildman–Crippen MR) is 74.7 cm³/mol. The van der Waals surface area contributed by atoms with Gasteiger partial charge in [-0.05, 0) is 24.6 Å². The van der Waals surface area contributed by atoms with Crippen LogP contribution in [0.5, 0.6) is 11.5 Å². The highest BCUT2D eigenvalue weighted by Crippen LogP contribution is 2.40. The fourth-order valence-corrected chi connectivity index (χ4v) is 2.98. The van der Waals surface area contributed by atoms with E-state index in [0.717, 1.165) is 35.5 Å². The van der Waals surface area contributed by atoms with E-state index in [1.54, 1.807) is 14.2 Å². The van der Waals surface area contributed by atoms with Crippen molar-refractivity contribution in [3.63, 3.8) is 0 Å². The molecule has 0 amide bonds. The number of rotatable bonds is 4. The SMILES string of the molecule is COc1cc2c(cc1OC)[C@H](C)[N+](C)(CCO)CC2.[I-]. The van der Waals surface area contributed by atoms with Crippen molar-refractivity contribution in [1.29, 1.82) is 0 Å². The second-order valence-electron chi connectivity index (χ2n) is 5.48. The van der Waals surface area contributed by atoms with Crippen LogP contribution in [0.2, 0.25) is 0 Å². The molecule has 2 atom stereocenters. The first kappa shape index (κ1) is 17.5. The number of nitrogens with zero attached hydrogens (tertiary/aromatic N) is 1. The van der Waals surface area contributed by atoms with Crippen LogP contribution < -0.4 is 33.5 Å². The molecule has 0 fully saturated rings. The van der Waals surface area contributed by atoms with Crippen LogP contribution in [0.3, 0.4) is 0 Å². The molecule has 0 saturated carbocycles. The molecule has 1 aromatic rings. The molecule has 4 nitrogen and oxygen atoms in total. The van der Waals surface area contributed by atoms with Gasteiger partial charge < -0.3 is 43.0 Å². The minimum Gasteiger partial charge on any atom is -1.00 e. The summed E-state index contributed by atoms with van der Waals surface area (Å²) < 4.78 is 11.6. The number of halogens is 1. The first-order valence-electron chi connectivity index (χ1n) is 6.75. The molecule has 20 heavy (non-hydrogen) atoms. The molecule has 1 heterocycles. The Morgan fingerprint density at radius 3 is 2.40 bits per heavy atom. The molecule has 0 radical (unpaired) electrons. The molecule has 0 spiro atoms. The molecule has 2 rings (SSSR count). The average Bonchev–Trinajstić information content (AvgIpc) is 2.42. The van der Waals surface area contributed by atoms with Crippen LogP contribution in [0, 0.1) is 0 Å². The molecule has 0 aromatic heterocycles. The molecule has 0 saturated heterocycles. The largest absolute Gasteiger partial charge is 1.00 e. The lowest BCUT2D eigenvalue weighted by Crippen LogP contribution is -3.00. The minimum absolute atomic E-state index is 0. The van der Waals surface area contributed by atoms with Crippen molar-refractivity contribution in [3.8, 4) is 11.5 Å². The van der Waals surface area contributed by atoms with Crippen molar-refractivity contribution in [3.05, 3.63) is 23.3 Å². The number of ether oxygens (including phenoxy) is 2. The minimum atomic E-state index is 0. The van der Waals surface area contributed by atoms with E-state index in [1.807, 2.05) is 0 Å². The molecule has 1 aliphatic rings. The van der Waals surface area contributed by atoms with Crippen molar-refractivity contribution in [2.75, 3.05) is 41.0 Å². The van der Waals surface area contributed by atoms with Gasteiger partial charge in [0.1, 0.15) is 12.6 Å². The first-order valence-corrected chi connectivity index (χ1v) is 6.75. The predicted octanol–water partition coefficient (Wildman–Crippen LogP) is -1.24. The van der Waals surface area contributed by atoms with E-state index < -0.39 is 0 Å². The molecule has 1 N–H and O–H groups in total. The summed E-state index contributed by atoms with van der Waals surface area (Å²) in [6.07, 6.45) is 1.01. The average molecular weight is 393 g/mol. The fraction of sp³-hybridized carbons (Fsp3) is 0.600. The van der Waals surface area contributed by atoms with Crippen LogP contribution in [0.15, 0.2) is 12.1 Å². The maximum absolute atomic E-state index is 9.27. The zero-order valence-electron chi connectivity index (χ0n) is 12.6. The molecule has 0 aliphatic carbocycles. The highest BCUT2D eigenvalue weighted by atomic mass is 127. The lowest BCUT2D eigenvalue weighted by Gasteiger charge is -2.44. The van der Waals surface area contributed by atoms with Crippen molar-refractivity contribution < 1.29 is 43.0 Å². The van der Waals surface area contributed by atoms with E-state index >= 15 is 0 Å². The van der Waals surface area contributed by atoms with Gasteiger partial charge in [-0.1, -0.05) is 0 Å². The lowest BCUT2D eigenvalue weighted by atomic mass is 9.91. The Morgan fingerprint density at radius 1 is 1.25 bits per heavy atom. The van der Waals surface area contributed by atoms with Gasteiger partial charge in [-0.25, -0.2) is 0 Å². The summed E-state index contributed by atoms with van der Waals surface area (Å²) in [6.45, 7) is 4.28. The van der Waals surface area contributed by atoms with Crippen LogP contribution in [0.4, 0.5) is 0 Å². The van der Waals surface area contributed by atoms with E-state index in [0.29, 0.717) is 6.04 Å². The Bertz CT molecular complexity index is 467. The highest BCUT2D eigenvalue weighted by Gasteiger charge is 2.36. The Morgan fingerprint density at radius 2 is 1.85 bits per heavy atom. The van der Waals surface area contributed by atoms with E-state index in [-0.39, 0.29) is 30.6 Å². The van der Waals surface area contributed by atoms with Gasteiger partial charge in [0, 0.05) is 12.0 Å². The van der Waals surface area contributed by atoms with Crippen molar-refractivity contribution in [2.24, 2.45) is 0 Å². The molecule has 114 valence electrons. The maximum Gasteiger partial charge on any atom is 0.161 e. The van der Waals surface area contributed by atoms with E-state index in [1.165, 1.54) is 11.1 Å². The molecule has 1 aliphatic heterocycles. The zero-order chi connectivity index (χ0) is 14.0. The zero-order valence-corrected chi connectivity index (χ0v) is 14.8. The van der Waals surface area contributed by atoms with Gasteiger partial charge >= 0.3 is 0 Å². The van der Waals surface area contributed by atoms with Gasteiger partial charge in [-0.2, -0.15) is 0 Å². The summed E-state index contributed by atoms with van der Waals surface area (Å²) in [5, 5.41) is 9.27. The molecule has 1 unspecified atom stereocenters. The topological polar surface area (TPSA) is 38.7 Å². The first-order chi connectivity index (χ1) is 9.05. The van der Waals surface area contributed by atoms with Crippen LogP contribution in [-0.4, -0.2) is 50.6 Å². The van der Waals surface area contributed by atoms with Crippen LogP contribution in [0.1, 0.15) is 24.1 Å². The van der Waals surface area contributed by atoms with Gasteiger partial charge in [0.05, 0.1) is 34.4 Å². The molecular weight excluding hydrogens is 369 g/mol. The third-order valence-electron chi connectivity index (χ3n) is 4.53. The van der Waals surface area contributed by atoms with Gasteiger partial charge in [0.2, 0.25) is 0 Å². The highest BCUT2D eigenvalue weighted by molar-refractivity contribution is 5.48. The Balaban J connectivity index is 0.00000200. The van der Waals surface area contributed by atoms with Gasteiger partial charge in [0.25, 0.3) is 0 Å². The standard InChI is InChI=1S/C15H24NO3.HI/c1-11-13-10-15(19-4)14(18-3)9-12(13)5-6-16(11,2)7-8-17;/h9-11,17H,5-8H2,1-4H3;1H/q+1;/p-1/t11-,16?;/m0./s1. The van der Waals surface area contributed by atoms with Gasteiger partial charge in [-0.15, -0.1) is 0 Å². The van der Waals surface area contributed by atoms with E-state index in [2.05, 4.69) is 26.1 Å². The van der Waals surface area contributed by atoms with Crippen molar-refractivity contribution >= 4 is 0 Å². The molecule has 1 aromatic carbocycles. The summed E-state index contributed by atoms with van der Waals surface area (Å²) in [6, 6.07) is 4.54. The number of quaternary nitrogens is 1. The Labute approximate surface area is 138 Å². The number of likely N-dealkylation sites (N-methyl/N-ethyl adjacent to an activating group) is 1. The van der Waals surface area contributed by atoms with Crippen LogP contribution in [-0.2, 0) is 6.42 Å². The van der Waals surface area contributed by atoms with Gasteiger partial charge in [0.15, 0.2) is 11.5 Å². The Kier molecular flexibility index (Phi) is 6.09. The molecule has 5 heteroatoms. The monoisotopic (exact) mass is 393 g/mol. The number of fused-ring (bicyclic) bond motifs is 1. The normalized spacial score (nSPS) is 24.6. The summed E-state index contributed by atoms with van der Waals surface area (Å²) in [5.74, 6) is 1.58. The Hall–Kier alpha value is -0.530. The van der Waals surface area contributed by atoms with Crippen molar-refractivity contribution in [2.45, 2.75) is 19.4 Å². The number of aliphatic hydroxyl groups is 1. The smallest absolute Gasteiger partial charge is 0.161 e. The summed E-state index contributed by atoms with van der Waals surface area (Å²) >= 11 is 0. The quantitative estimate of drug-likeness (QED) is 0.514. The maximum atomic E-state index is 9.27. The number of hydrogen-bond acceptors (Lipinski definition) is 3. The van der Waals surface area contributed by atoms with E-state index in [4.69, 9.17) is 9.47 Å². The van der Waals surface area contributed by atoms with Crippen LogP contribution in [0.25, 0.3) is 0 Å². The lowest BCUT2D eigenvalue weighted by molar-refractivity contribution is -0.939. The number of hydrogen-bond donors (Lipinski definition) is 1. The summed E-state index contributed by atoms with van der Waals surface area (Å²) in [5.41, 5.74) is 2.64. The van der Waals surface area contributed by atoms with Crippen LogP contribution >= 0.6 is 0 Å². The number of aliphatic hydroxyl groups excluding tert-OH is 1. The molecular formula is C15H24INO3.